The number of hydrogen-bond donors (Lipinski definition) is 1. The lowest BCUT2D eigenvalue weighted by Crippen LogP contribution is -2.45. The van der Waals surface area contributed by atoms with Crippen molar-refractivity contribution >= 4 is 22.8 Å². The van der Waals surface area contributed by atoms with E-state index in [4.69, 9.17) is 13.9 Å². The van der Waals surface area contributed by atoms with E-state index in [1.54, 1.807) is 26.4 Å². The summed E-state index contributed by atoms with van der Waals surface area (Å²) in [6.45, 7) is 0.705. The van der Waals surface area contributed by atoms with Gasteiger partial charge in [0.05, 0.1) is 25.5 Å². The van der Waals surface area contributed by atoms with Crippen molar-refractivity contribution in [2.24, 2.45) is 0 Å². The van der Waals surface area contributed by atoms with Gasteiger partial charge in [0.15, 0.2) is 6.04 Å². The summed E-state index contributed by atoms with van der Waals surface area (Å²) in [6, 6.07) is 17.1. The number of carbonyl (C=O) groups excluding carboxylic acids is 2. The molecular weight excluding hydrogens is 450 g/mol. The van der Waals surface area contributed by atoms with Crippen molar-refractivity contribution in [3.05, 3.63) is 78.3 Å². The van der Waals surface area contributed by atoms with Gasteiger partial charge in [0.2, 0.25) is 5.91 Å². The number of aromatic nitrogens is 3. The molecule has 2 amide bonds. The molecule has 0 fully saturated rings. The predicted molar refractivity (Wildman–Crippen MR) is 127 cm³/mol. The van der Waals surface area contributed by atoms with Gasteiger partial charge in [-0.05, 0) is 42.0 Å². The Morgan fingerprint density at radius 3 is 2.60 bits per heavy atom. The SMILES string of the molecule is COCCNC(=O)[C@H](c1ccco1)N(Cc1ccc(OC)cc1)C(=O)Cn1nnc2ccccc21. The third-order valence-electron chi connectivity index (χ3n) is 5.52. The summed E-state index contributed by atoms with van der Waals surface area (Å²) in [6.07, 6.45) is 1.48. The number of para-hydroxylation sites is 1. The second kappa shape index (κ2) is 11.3. The Hall–Kier alpha value is -4.18. The van der Waals surface area contributed by atoms with Crippen LogP contribution >= 0.6 is 0 Å². The summed E-state index contributed by atoms with van der Waals surface area (Å²) >= 11 is 0. The maximum atomic E-state index is 13.7. The number of fused-ring (bicyclic) bond motifs is 1. The van der Waals surface area contributed by atoms with Crippen LogP contribution in [0.4, 0.5) is 0 Å². The van der Waals surface area contributed by atoms with Gasteiger partial charge in [0, 0.05) is 20.2 Å². The van der Waals surface area contributed by atoms with E-state index >= 15 is 0 Å². The first kappa shape index (κ1) is 24.0. The Labute approximate surface area is 202 Å². The smallest absolute Gasteiger partial charge is 0.250 e. The molecule has 182 valence electrons. The van der Waals surface area contributed by atoms with Crippen molar-refractivity contribution in [1.82, 2.24) is 25.2 Å². The van der Waals surface area contributed by atoms with E-state index < -0.39 is 6.04 Å². The Morgan fingerprint density at radius 2 is 1.89 bits per heavy atom. The highest BCUT2D eigenvalue weighted by Crippen LogP contribution is 2.26. The molecule has 0 saturated carbocycles. The van der Waals surface area contributed by atoms with Gasteiger partial charge in [-0.25, -0.2) is 4.68 Å². The molecule has 4 aromatic rings. The lowest BCUT2D eigenvalue weighted by Gasteiger charge is -2.30. The van der Waals surface area contributed by atoms with Crippen LogP contribution in [0.3, 0.4) is 0 Å². The topological polar surface area (TPSA) is 112 Å². The van der Waals surface area contributed by atoms with E-state index in [-0.39, 0.29) is 24.9 Å². The molecule has 0 aliphatic rings. The molecule has 35 heavy (non-hydrogen) atoms. The molecular formula is C25H27N5O5. The van der Waals surface area contributed by atoms with Crippen LogP contribution in [0.5, 0.6) is 5.75 Å². The third kappa shape index (κ3) is 5.67. The number of benzene rings is 2. The van der Waals surface area contributed by atoms with Crippen molar-refractivity contribution in [2.45, 2.75) is 19.1 Å². The number of rotatable bonds is 11. The van der Waals surface area contributed by atoms with Gasteiger partial charge in [0.1, 0.15) is 23.6 Å². The second-order valence-corrected chi connectivity index (χ2v) is 7.81. The maximum Gasteiger partial charge on any atom is 0.250 e. The predicted octanol–water partition coefficient (Wildman–Crippen LogP) is 2.57. The summed E-state index contributed by atoms with van der Waals surface area (Å²) in [5.41, 5.74) is 2.23. The van der Waals surface area contributed by atoms with Crippen molar-refractivity contribution in [3.8, 4) is 5.75 Å². The van der Waals surface area contributed by atoms with E-state index in [1.165, 1.54) is 15.8 Å². The van der Waals surface area contributed by atoms with Gasteiger partial charge in [-0.2, -0.15) is 0 Å². The number of nitrogens with zero attached hydrogens (tertiary/aromatic N) is 4. The number of amides is 2. The summed E-state index contributed by atoms with van der Waals surface area (Å²) in [5, 5.41) is 11.1. The fourth-order valence-electron chi connectivity index (χ4n) is 3.75. The number of furan rings is 1. The molecule has 0 saturated heterocycles. The number of carbonyl (C=O) groups is 2. The van der Waals surface area contributed by atoms with Gasteiger partial charge in [0.25, 0.3) is 5.91 Å². The molecule has 1 atom stereocenters. The lowest BCUT2D eigenvalue weighted by atomic mass is 10.1. The minimum Gasteiger partial charge on any atom is -0.497 e. The monoisotopic (exact) mass is 477 g/mol. The quantitative estimate of drug-likeness (QED) is 0.331. The van der Waals surface area contributed by atoms with Crippen LogP contribution in [-0.4, -0.2) is 59.1 Å². The Balaban J connectivity index is 1.67. The number of hydrogen-bond acceptors (Lipinski definition) is 7. The highest BCUT2D eigenvalue weighted by atomic mass is 16.5. The van der Waals surface area contributed by atoms with E-state index in [0.29, 0.717) is 30.2 Å². The zero-order valence-corrected chi connectivity index (χ0v) is 19.6. The highest BCUT2D eigenvalue weighted by molar-refractivity contribution is 5.88. The van der Waals surface area contributed by atoms with E-state index in [2.05, 4.69) is 15.6 Å². The summed E-state index contributed by atoms with van der Waals surface area (Å²) < 4.78 is 17.4. The van der Waals surface area contributed by atoms with Crippen molar-refractivity contribution in [3.63, 3.8) is 0 Å². The van der Waals surface area contributed by atoms with Crippen LogP contribution in [0, 0.1) is 0 Å². The van der Waals surface area contributed by atoms with Crippen LogP contribution < -0.4 is 10.1 Å². The molecule has 0 aliphatic heterocycles. The summed E-state index contributed by atoms with van der Waals surface area (Å²) in [7, 11) is 3.14. The molecule has 10 heteroatoms. The van der Waals surface area contributed by atoms with Crippen LogP contribution in [0.1, 0.15) is 17.4 Å². The molecule has 2 aromatic carbocycles. The highest BCUT2D eigenvalue weighted by Gasteiger charge is 2.34. The first-order valence-corrected chi connectivity index (χ1v) is 11.1. The van der Waals surface area contributed by atoms with E-state index in [0.717, 1.165) is 11.1 Å². The molecule has 0 spiro atoms. The van der Waals surface area contributed by atoms with Gasteiger partial charge >= 0.3 is 0 Å². The van der Waals surface area contributed by atoms with Crippen molar-refractivity contribution in [2.75, 3.05) is 27.4 Å². The summed E-state index contributed by atoms with van der Waals surface area (Å²) in [5.74, 6) is 0.355. The van der Waals surface area contributed by atoms with E-state index in [9.17, 15) is 9.59 Å². The fourth-order valence-corrected chi connectivity index (χ4v) is 3.75. The molecule has 0 bridgehead atoms. The Morgan fingerprint density at radius 1 is 1.09 bits per heavy atom. The molecule has 10 nitrogen and oxygen atoms in total. The minimum absolute atomic E-state index is 0.0980. The molecule has 4 rings (SSSR count). The number of methoxy groups -OCH3 is 2. The molecule has 0 unspecified atom stereocenters. The molecule has 0 radical (unpaired) electrons. The molecule has 1 N–H and O–H groups in total. The van der Waals surface area contributed by atoms with Crippen LogP contribution in [0.25, 0.3) is 11.0 Å². The fraction of sp³-hybridized carbons (Fsp3) is 0.280. The largest absolute Gasteiger partial charge is 0.497 e. The van der Waals surface area contributed by atoms with Crippen LogP contribution in [0.15, 0.2) is 71.3 Å². The average Bonchev–Trinajstić information content (AvgIpc) is 3.55. The van der Waals surface area contributed by atoms with Gasteiger partial charge in [-0.15, -0.1) is 5.10 Å². The summed E-state index contributed by atoms with van der Waals surface area (Å²) in [4.78, 5) is 28.5. The van der Waals surface area contributed by atoms with Gasteiger partial charge in [-0.1, -0.05) is 29.5 Å². The molecule has 2 heterocycles. The minimum atomic E-state index is -0.994. The van der Waals surface area contributed by atoms with Crippen molar-refractivity contribution in [1.29, 1.82) is 0 Å². The standard InChI is InChI=1S/C25H27N5O5/c1-33-15-13-26-25(32)24(22-8-5-14-35-22)29(16-18-9-11-19(34-2)12-10-18)23(31)17-30-21-7-4-3-6-20(21)27-28-30/h3-12,14,24H,13,15-17H2,1-2H3,(H,26,32)/t24-/m0/s1. The van der Waals surface area contributed by atoms with Crippen molar-refractivity contribution < 1.29 is 23.5 Å². The normalized spacial score (nSPS) is 11.8. The second-order valence-electron chi connectivity index (χ2n) is 7.81. The van der Waals surface area contributed by atoms with Crippen LogP contribution in [-0.2, 0) is 27.4 Å². The Bertz CT molecular complexity index is 1250. The van der Waals surface area contributed by atoms with Gasteiger partial charge < -0.3 is 24.1 Å². The first-order valence-electron chi connectivity index (χ1n) is 11.1. The van der Waals surface area contributed by atoms with Gasteiger partial charge in [-0.3, -0.25) is 9.59 Å². The zero-order valence-electron chi connectivity index (χ0n) is 19.6. The van der Waals surface area contributed by atoms with E-state index in [1.807, 2.05) is 48.5 Å². The first-order chi connectivity index (χ1) is 17.1. The van der Waals surface area contributed by atoms with Crippen LogP contribution in [0.2, 0.25) is 0 Å². The Kier molecular flexibility index (Phi) is 7.74. The average molecular weight is 478 g/mol. The number of ether oxygens (including phenoxy) is 2. The number of nitrogens with one attached hydrogen (secondary N) is 1. The molecule has 2 aromatic heterocycles. The lowest BCUT2D eigenvalue weighted by molar-refractivity contribution is -0.143. The maximum absolute atomic E-state index is 13.7. The molecule has 0 aliphatic carbocycles. The third-order valence-corrected chi connectivity index (χ3v) is 5.52. The zero-order chi connectivity index (χ0) is 24.6.